The average Bonchev–Trinajstić information content (AvgIpc) is 2.89. The van der Waals surface area contributed by atoms with Crippen LogP contribution >= 0.6 is 11.8 Å². The highest BCUT2D eigenvalue weighted by molar-refractivity contribution is 8.00. The molecule has 1 atom stereocenters. The number of aromatic nitrogens is 1. The Morgan fingerprint density at radius 2 is 1.76 bits per heavy atom. The minimum Gasteiger partial charge on any atom is -0.480 e. The fraction of sp³-hybridized carbons (Fsp3) is 0.118. The maximum absolute atomic E-state index is 11.8. The summed E-state index contributed by atoms with van der Waals surface area (Å²) in [6.45, 7) is 1.74. The molecule has 0 saturated heterocycles. The predicted molar refractivity (Wildman–Crippen MR) is 85.6 cm³/mol. The topological polar surface area (TPSA) is 53.1 Å². The van der Waals surface area contributed by atoms with Crippen LogP contribution in [0.15, 0.2) is 65.7 Å². The molecule has 0 spiro atoms. The largest absolute Gasteiger partial charge is 0.480 e. The minimum atomic E-state index is -1.03. The van der Waals surface area contributed by atoms with E-state index in [0.29, 0.717) is 0 Å². The smallest absolute Gasteiger partial charge is 0.324 e. The lowest BCUT2D eigenvalue weighted by Gasteiger charge is -2.24. The third kappa shape index (κ3) is 2.54. The number of aliphatic carboxylic acids is 1. The summed E-state index contributed by atoms with van der Waals surface area (Å²) in [6, 6.07) is 19.2. The number of benzene rings is 2. The van der Waals surface area contributed by atoms with Gasteiger partial charge in [-0.05, 0) is 24.6 Å². The molecule has 21 heavy (non-hydrogen) atoms. The summed E-state index contributed by atoms with van der Waals surface area (Å²) in [4.78, 5) is 15.1. The van der Waals surface area contributed by atoms with Crippen molar-refractivity contribution in [2.75, 3.05) is 0 Å². The molecule has 3 nitrogen and oxygen atoms in total. The molecule has 2 aromatic carbocycles. The van der Waals surface area contributed by atoms with E-state index in [1.54, 1.807) is 6.92 Å². The van der Waals surface area contributed by atoms with Crippen molar-refractivity contribution in [2.24, 2.45) is 0 Å². The summed E-state index contributed by atoms with van der Waals surface area (Å²) < 4.78 is -1.03. The first-order valence-corrected chi connectivity index (χ1v) is 7.47. The van der Waals surface area contributed by atoms with E-state index in [1.165, 1.54) is 11.8 Å². The number of H-pyrrole nitrogens is 1. The first kappa shape index (κ1) is 13.8. The highest BCUT2D eigenvalue weighted by Crippen LogP contribution is 2.41. The number of aromatic amines is 1. The standard InChI is InChI=1S/C17H15NO2S/c1-17(16(19)20,13-8-3-2-4-9-13)21-15-11-12-7-5-6-10-14(12)18-15/h2-11,18H,1H3,(H,19,20). The highest BCUT2D eigenvalue weighted by Gasteiger charge is 2.37. The highest BCUT2D eigenvalue weighted by atomic mass is 32.2. The van der Waals surface area contributed by atoms with Crippen molar-refractivity contribution >= 4 is 28.6 Å². The van der Waals surface area contributed by atoms with Gasteiger partial charge in [0.05, 0.1) is 5.03 Å². The molecule has 3 rings (SSSR count). The lowest BCUT2D eigenvalue weighted by molar-refractivity contribution is -0.139. The first-order chi connectivity index (χ1) is 10.1. The van der Waals surface area contributed by atoms with E-state index in [4.69, 9.17) is 0 Å². The summed E-state index contributed by atoms with van der Waals surface area (Å²) in [5, 5.41) is 11.6. The lowest BCUT2D eigenvalue weighted by Crippen LogP contribution is -2.28. The third-order valence-electron chi connectivity index (χ3n) is 3.55. The van der Waals surface area contributed by atoms with E-state index < -0.39 is 10.7 Å². The maximum atomic E-state index is 11.8. The van der Waals surface area contributed by atoms with Crippen LogP contribution in [0.25, 0.3) is 10.9 Å². The Bertz CT molecular complexity index is 749. The van der Waals surface area contributed by atoms with E-state index in [9.17, 15) is 9.90 Å². The molecular weight excluding hydrogens is 282 g/mol. The molecule has 1 heterocycles. The summed E-state index contributed by atoms with van der Waals surface area (Å²) in [5.41, 5.74) is 1.79. The molecule has 0 radical (unpaired) electrons. The van der Waals surface area contributed by atoms with Crippen molar-refractivity contribution < 1.29 is 9.90 Å². The normalized spacial score (nSPS) is 14.0. The van der Waals surface area contributed by atoms with Gasteiger partial charge in [0, 0.05) is 10.9 Å². The number of hydrogen-bond donors (Lipinski definition) is 2. The van der Waals surface area contributed by atoms with Crippen molar-refractivity contribution in [2.45, 2.75) is 16.7 Å². The molecule has 2 N–H and O–H groups in total. The van der Waals surface area contributed by atoms with Gasteiger partial charge in [-0.15, -0.1) is 0 Å². The second-order valence-corrected chi connectivity index (χ2v) is 6.49. The molecule has 3 aromatic rings. The van der Waals surface area contributed by atoms with Crippen LogP contribution < -0.4 is 0 Å². The van der Waals surface area contributed by atoms with Crippen LogP contribution in [0.3, 0.4) is 0 Å². The van der Waals surface area contributed by atoms with Crippen molar-refractivity contribution in [1.82, 2.24) is 4.98 Å². The van der Waals surface area contributed by atoms with Crippen molar-refractivity contribution in [1.29, 1.82) is 0 Å². The van der Waals surface area contributed by atoms with E-state index in [-0.39, 0.29) is 0 Å². The average molecular weight is 297 g/mol. The fourth-order valence-electron chi connectivity index (χ4n) is 2.30. The van der Waals surface area contributed by atoms with Gasteiger partial charge in [-0.2, -0.15) is 0 Å². The van der Waals surface area contributed by atoms with Crippen molar-refractivity contribution in [3.05, 3.63) is 66.2 Å². The Labute approximate surface area is 127 Å². The minimum absolute atomic E-state index is 0.779. The van der Waals surface area contributed by atoms with Gasteiger partial charge in [0.1, 0.15) is 4.75 Å². The molecule has 0 fully saturated rings. The number of para-hydroxylation sites is 1. The van der Waals surface area contributed by atoms with E-state index in [1.807, 2.05) is 60.7 Å². The summed E-state index contributed by atoms with van der Waals surface area (Å²) >= 11 is 1.32. The number of fused-ring (bicyclic) bond motifs is 1. The number of carboxylic acid groups (broad SMARTS) is 1. The Hall–Kier alpha value is -2.20. The molecule has 106 valence electrons. The molecule has 0 amide bonds. The Kier molecular flexibility index (Phi) is 3.47. The zero-order valence-electron chi connectivity index (χ0n) is 11.5. The molecule has 0 aliphatic heterocycles. The van der Waals surface area contributed by atoms with Gasteiger partial charge in [0.2, 0.25) is 0 Å². The van der Waals surface area contributed by atoms with Gasteiger partial charge in [-0.3, -0.25) is 4.79 Å². The molecule has 0 aliphatic carbocycles. The van der Waals surface area contributed by atoms with Crippen LogP contribution in [0.1, 0.15) is 12.5 Å². The van der Waals surface area contributed by atoms with E-state index >= 15 is 0 Å². The number of carbonyl (C=O) groups is 1. The van der Waals surface area contributed by atoms with E-state index in [2.05, 4.69) is 4.98 Å². The van der Waals surface area contributed by atoms with Gasteiger partial charge in [0.15, 0.2) is 0 Å². The second-order valence-electron chi connectivity index (χ2n) is 5.03. The molecule has 0 bridgehead atoms. The molecule has 0 aliphatic rings. The third-order valence-corrected chi connectivity index (χ3v) is 4.81. The van der Waals surface area contributed by atoms with Crippen LogP contribution in [0, 0.1) is 0 Å². The molecule has 1 unspecified atom stereocenters. The quantitative estimate of drug-likeness (QED) is 0.707. The van der Waals surface area contributed by atoms with Gasteiger partial charge in [0.25, 0.3) is 0 Å². The van der Waals surface area contributed by atoms with Gasteiger partial charge >= 0.3 is 5.97 Å². The maximum Gasteiger partial charge on any atom is 0.324 e. The lowest BCUT2D eigenvalue weighted by atomic mass is 10.0. The van der Waals surface area contributed by atoms with Gasteiger partial charge < -0.3 is 10.1 Å². The van der Waals surface area contributed by atoms with Crippen LogP contribution in [-0.4, -0.2) is 16.1 Å². The summed E-state index contributed by atoms with van der Waals surface area (Å²) in [5.74, 6) is -0.850. The Balaban J connectivity index is 2.01. The molecule has 4 heteroatoms. The number of nitrogens with one attached hydrogen (secondary N) is 1. The molecule has 0 saturated carbocycles. The number of thioether (sulfide) groups is 1. The Morgan fingerprint density at radius 1 is 1.10 bits per heavy atom. The Morgan fingerprint density at radius 3 is 2.43 bits per heavy atom. The number of carboxylic acids is 1. The van der Waals surface area contributed by atoms with Crippen molar-refractivity contribution in [3.63, 3.8) is 0 Å². The number of hydrogen-bond acceptors (Lipinski definition) is 2. The predicted octanol–water partition coefficient (Wildman–Crippen LogP) is 4.26. The fourth-order valence-corrected chi connectivity index (χ4v) is 3.43. The van der Waals surface area contributed by atoms with Gasteiger partial charge in [-0.25, -0.2) is 0 Å². The SMILES string of the molecule is CC(Sc1cc2ccccc2[nH]1)(C(=O)O)c1ccccc1. The summed E-state index contributed by atoms with van der Waals surface area (Å²) in [7, 11) is 0. The number of rotatable bonds is 4. The van der Waals surface area contributed by atoms with Crippen LogP contribution in [0.4, 0.5) is 0 Å². The van der Waals surface area contributed by atoms with Crippen LogP contribution in [0.2, 0.25) is 0 Å². The summed E-state index contributed by atoms with van der Waals surface area (Å²) in [6.07, 6.45) is 0. The monoisotopic (exact) mass is 297 g/mol. The zero-order chi connectivity index (χ0) is 14.9. The second kappa shape index (κ2) is 5.30. The van der Waals surface area contributed by atoms with Crippen molar-refractivity contribution in [3.8, 4) is 0 Å². The zero-order valence-corrected chi connectivity index (χ0v) is 12.4. The molecule has 1 aromatic heterocycles. The van der Waals surface area contributed by atoms with E-state index in [0.717, 1.165) is 21.5 Å². The van der Waals surface area contributed by atoms with Gasteiger partial charge in [-0.1, -0.05) is 60.3 Å². The first-order valence-electron chi connectivity index (χ1n) is 6.65. The van der Waals surface area contributed by atoms with Crippen LogP contribution in [-0.2, 0) is 9.54 Å². The molecular formula is C17H15NO2S. The van der Waals surface area contributed by atoms with Crippen LogP contribution in [0.5, 0.6) is 0 Å².